The smallest absolute Gasteiger partial charge is 0.462 e. The van der Waals surface area contributed by atoms with Gasteiger partial charge in [0.15, 0.2) is 0 Å². The third kappa shape index (κ3) is 11.4. The summed E-state index contributed by atoms with van der Waals surface area (Å²) in [5, 5.41) is 11.3. The van der Waals surface area contributed by atoms with Gasteiger partial charge in [-0.15, -0.1) is 10.6 Å². The zero-order valence-corrected chi connectivity index (χ0v) is 36.8. The Morgan fingerprint density at radius 1 is 0.867 bits per heavy atom. The average molecular weight is 862 g/mol. The molecule has 12 atom stereocenters. The Bertz CT molecular complexity index is 1680. The molecule has 0 saturated heterocycles. The maximum absolute atomic E-state index is 13.3. The third-order valence-electron chi connectivity index (χ3n) is 14.7. The van der Waals surface area contributed by atoms with Crippen LogP contribution in [-0.2, 0) is 55.8 Å². The number of hydrogen-bond donors (Lipinski definition) is 5. The van der Waals surface area contributed by atoms with Gasteiger partial charge in [-0.25, -0.2) is 4.79 Å². The van der Waals surface area contributed by atoms with Gasteiger partial charge >= 0.3 is 31.4 Å². The van der Waals surface area contributed by atoms with Crippen LogP contribution in [0.1, 0.15) is 129 Å². The molecular formula is C42H70N8O9P+. The first-order chi connectivity index (χ1) is 28.6. The topological polar surface area (TPSA) is 277 Å². The normalized spacial score (nSPS) is 31.5. The van der Waals surface area contributed by atoms with Gasteiger partial charge in [-0.2, -0.15) is 0 Å². The van der Waals surface area contributed by atoms with E-state index in [1.807, 2.05) is 0 Å². The van der Waals surface area contributed by atoms with Crippen molar-refractivity contribution in [2.45, 2.75) is 155 Å². The molecule has 1 heterocycles. The van der Waals surface area contributed by atoms with E-state index >= 15 is 0 Å². The average Bonchev–Trinajstić information content (AvgIpc) is 3.81. The predicted molar refractivity (Wildman–Crippen MR) is 222 cm³/mol. The summed E-state index contributed by atoms with van der Waals surface area (Å²) in [4.78, 5) is 63.7. The lowest BCUT2D eigenvalue weighted by molar-refractivity contribution is -0.225. The molecule has 5 rings (SSSR count). The first-order valence-corrected chi connectivity index (χ1v) is 23.6. The number of ether oxygens (including phenoxy) is 3. The van der Waals surface area contributed by atoms with Crippen molar-refractivity contribution in [3.8, 4) is 0 Å². The summed E-state index contributed by atoms with van der Waals surface area (Å²) in [6.07, 6.45) is 9.88. The minimum Gasteiger partial charge on any atom is -0.462 e. The van der Waals surface area contributed by atoms with E-state index in [9.17, 15) is 28.5 Å². The molecule has 0 aromatic carbocycles. The SMILES string of the molecule is C[C@H](CCC(=O)NCc1cn(CCCCCC(=O)[P+](N)=O)nn1)[C@H]1CC[C@H]2[C@@H]3[C@H](OC(=O)CCN)C[C@@H]4C[C@H](OC(=O)CCN)CC[C@]4(C)[C@H]3C[C@H](OC(=O)CCN)[C@]12C. The lowest BCUT2D eigenvalue weighted by Crippen LogP contribution is -2.63. The molecule has 4 fully saturated rings. The number of amides is 1. The molecule has 60 heavy (non-hydrogen) atoms. The van der Waals surface area contributed by atoms with Crippen molar-refractivity contribution in [1.29, 1.82) is 0 Å². The van der Waals surface area contributed by atoms with Gasteiger partial charge in [0.2, 0.25) is 5.91 Å². The Kier molecular flexibility index (Phi) is 17.2. The van der Waals surface area contributed by atoms with Crippen molar-refractivity contribution in [3.63, 3.8) is 0 Å². The number of nitrogens with two attached hydrogens (primary N) is 4. The number of aryl methyl sites for hydroxylation is 1. The second kappa shape index (κ2) is 21.6. The Balaban J connectivity index is 1.26. The first-order valence-electron chi connectivity index (χ1n) is 22.2. The van der Waals surface area contributed by atoms with Crippen LogP contribution in [0.3, 0.4) is 0 Å². The number of unbranched alkanes of at least 4 members (excludes halogenated alkanes) is 2. The van der Waals surface area contributed by atoms with Gasteiger partial charge in [-0.3, -0.25) is 23.9 Å². The number of carbonyl (C=O) groups excluding carboxylic acids is 5. The Morgan fingerprint density at radius 2 is 1.55 bits per heavy atom. The van der Waals surface area contributed by atoms with E-state index in [1.165, 1.54) is 0 Å². The molecule has 18 heteroatoms. The van der Waals surface area contributed by atoms with E-state index < -0.39 is 18.9 Å². The van der Waals surface area contributed by atoms with Crippen molar-refractivity contribution in [2.24, 2.45) is 69.0 Å². The van der Waals surface area contributed by atoms with Gasteiger partial charge in [0.25, 0.3) is 0 Å². The second-order valence-corrected chi connectivity index (χ2v) is 19.5. The van der Waals surface area contributed by atoms with Crippen LogP contribution in [0.25, 0.3) is 0 Å². The quantitative estimate of drug-likeness (QED) is 0.0481. The molecule has 17 nitrogen and oxygen atoms in total. The van der Waals surface area contributed by atoms with E-state index in [0.29, 0.717) is 50.8 Å². The Labute approximate surface area is 355 Å². The minimum atomic E-state index is -2.27. The number of rotatable bonds is 22. The fourth-order valence-corrected chi connectivity index (χ4v) is 12.1. The highest BCUT2D eigenvalue weighted by Crippen LogP contribution is 2.69. The summed E-state index contributed by atoms with van der Waals surface area (Å²) >= 11 is 0. The number of carbonyl (C=O) groups is 5. The van der Waals surface area contributed by atoms with Crippen LogP contribution in [0.5, 0.6) is 0 Å². The maximum Gasteiger partial charge on any atom is 0.507 e. The molecule has 9 N–H and O–H groups in total. The van der Waals surface area contributed by atoms with Crippen LogP contribution < -0.4 is 28.0 Å². The lowest BCUT2D eigenvalue weighted by Gasteiger charge is -2.64. The summed E-state index contributed by atoms with van der Waals surface area (Å²) < 4.78 is 31.5. The van der Waals surface area contributed by atoms with Gasteiger partial charge in [0.05, 0.1) is 38.4 Å². The number of aromatic nitrogens is 3. The molecule has 0 radical (unpaired) electrons. The number of nitrogens with one attached hydrogen (secondary N) is 1. The van der Waals surface area contributed by atoms with Crippen molar-refractivity contribution in [2.75, 3.05) is 19.6 Å². The number of esters is 3. The van der Waals surface area contributed by atoms with E-state index in [2.05, 4.69) is 36.4 Å². The first kappa shape index (κ1) is 47.7. The van der Waals surface area contributed by atoms with Crippen molar-refractivity contribution >= 4 is 37.3 Å². The molecule has 1 unspecified atom stereocenters. The fraction of sp³-hybridized carbons (Fsp3) is 0.833. The van der Waals surface area contributed by atoms with Crippen LogP contribution in [0.2, 0.25) is 0 Å². The highest BCUT2D eigenvalue weighted by molar-refractivity contribution is 7.61. The van der Waals surface area contributed by atoms with Crippen molar-refractivity contribution < 1.29 is 42.7 Å². The van der Waals surface area contributed by atoms with E-state index in [-0.39, 0.29) is 135 Å². The Hall–Kier alpha value is -3.37. The van der Waals surface area contributed by atoms with E-state index in [4.69, 9.17) is 36.9 Å². The number of fused-ring (bicyclic) bond motifs is 5. The lowest BCUT2D eigenvalue weighted by atomic mass is 9.43. The van der Waals surface area contributed by atoms with Crippen LogP contribution in [-0.4, -0.2) is 82.3 Å². The van der Waals surface area contributed by atoms with Gasteiger partial charge < -0.3 is 36.7 Å². The molecule has 1 amide bonds. The highest BCUT2D eigenvalue weighted by Gasteiger charge is 2.67. The standard InChI is InChI=1S/C42H69N8O9P/c1-26(8-11-35(51)47-24-28-25-50(49-48-28)20-6-4-5-7-39(55)60(46)56)30-9-10-31-40-32(23-34(42(30,31)3)59-38(54)15-19-45)41(2)16-12-29(57-36(52)13-17-43)21-27(41)22-33(40)58-37(53)14-18-44/h25-27,29-34,40H,4-24,43-45H2,1-3H3,(H2-,46,47,51,56)/p+1/t26-,27+,29-,30-,31+,32+,33-,34+,40+,41+,42-/m1/s1. The van der Waals surface area contributed by atoms with Gasteiger partial charge in [-0.1, -0.05) is 32.4 Å². The molecule has 1 aromatic heterocycles. The summed E-state index contributed by atoms with van der Waals surface area (Å²) in [7, 11) is -2.27. The van der Waals surface area contributed by atoms with Crippen molar-refractivity contribution in [3.05, 3.63) is 11.9 Å². The molecule has 0 aliphatic heterocycles. The van der Waals surface area contributed by atoms with Gasteiger partial charge in [0, 0.05) is 43.9 Å². The summed E-state index contributed by atoms with van der Waals surface area (Å²) in [6.45, 7) is 8.26. The molecule has 0 spiro atoms. The molecule has 336 valence electrons. The molecule has 4 aliphatic carbocycles. The Morgan fingerprint density at radius 3 is 2.23 bits per heavy atom. The third-order valence-corrected chi connectivity index (χ3v) is 15.5. The molecule has 1 aromatic rings. The molecule has 4 saturated carbocycles. The van der Waals surface area contributed by atoms with Crippen molar-refractivity contribution in [1.82, 2.24) is 20.3 Å². The molecule has 4 aliphatic rings. The maximum atomic E-state index is 13.3. The zero-order valence-electron chi connectivity index (χ0n) is 35.9. The number of nitrogens with zero attached hydrogens (tertiary/aromatic N) is 3. The summed E-state index contributed by atoms with van der Waals surface area (Å²) in [5.74, 6) is -0.361. The van der Waals surface area contributed by atoms with Crippen LogP contribution in [0.15, 0.2) is 6.20 Å². The van der Waals surface area contributed by atoms with Crippen LogP contribution in [0, 0.1) is 46.3 Å². The number of hydrogen-bond acceptors (Lipinski definition) is 14. The van der Waals surface area contributed by atoms with Gasteiger partial charge in [-0.05, 0) is 104 Å². The molecule has 0 bridgehead atoms. The monoisotopic (exact) mass is 861 g/mol. The predicted octanol–water partition coefficient (Wildman–Crippen LogP) is 3.76. The fourth-order valence-electron chi connectivity index (χ4n) is 11.7. The van der Waals surface area contributed by atoms with E-state index in [1.54, 1.807) is 10.9 Å². The summed E-state index contributed by atoms with van der Waals surface area (Å²) in [5.41, 5.74) is 22.1. The van der Waals surface area contributed by atoms with Gasteiger partial charge in [0.1, 0.15) is 24.0 Å². The minimum absolute atomic E-state index is 0.0420. The largest absolute Gasteiger partial charge is 0.507 e. The second-order valence-electron chi connectivity index (χ2n) is 18.3. The molecular weight excluding hydrogens is 791 g/mol. The zero-order chi connectivity index (χ0) is 43.6. The highest BCUT2D eigenvalue weighted by atomic mass is 31.1. The van der Waals surface area contributed by atoms with Crippen LogP contribution in [0.4, 0.5) is 0 Å². The summed E-state index contributed by atoms with van der Waals surface area (Å²) in [6, 6.07) is 0. The van der Waals surface area contributed by atoms with Crippen LogP contribution >= 0.6 is 7.95 Å². The van der Waals surface area contributed by atoms with E-state index in [0.717, 1.165) is 38.5 Å².